The summed E-state index contributed by atoms with van der Waals surface area (Å²) in [4.78, 5) is 24.5. The number of carbonyl (C=O) groups excluding carboxylic acids is 2. The smallest absolute Gasteiger partial charge is 0.290 e. The summed E-state index contributed by atoms with van der Waals surface area (Å²) in [6.07, 6.45) is 12.7. The molecule has 0 spiro atoms. The summed E-state index contributed by atoms with van der Waals surface area (Å²) in [6, 6.07) is 33.2. The molecule has 3 aromatic rings. The van der Waals surface area contributed by atoms with Gasteiger partial charge in [0.2, 0.25) is 0 Å². The number of hydrogen-bond acceptors (Lipinski definition) is 2. The predicted octanol–water partition coefficient (Wildman–Crippen LogP) is 8.75. The zero-order chi connectivity index (χ0) is 28.5. The van der Waals surface area contributed by atoms with Gasteiger partial charge in [-0.05, 0) is 13.8 Å². The number of rotatable bonds is 14. The minimum Gasteiger partial charge on any atom is -0.290 e. The van der Waals surface area contributed by atoms with Crippen LogP contribution in [0.1, 0.15) is 71.6 Å². The predicted molar refractivity (Wildman–Crippen MR) is 177 cm³/mol. The molecule has 0 amide bonds. The first kappa shape index (κ1) is 30.4. The second-order valence-electron chi connectivity index (χ2n) is 11.1. The third kappa shape index (κ3) is 6.48. The topological polar surface area (TPSA) is 34.1 Å². The van der Waals surface area contributed by atoms with Crippen LogP contribution in [-0.4, -0.2) is 17.7 Å². The molecule has 210 valence electrons. The van der Waals surface area contributed by atoms with E-state index < -0.39 is 5.31 Å². The van der Waals surface area contributed by atoms with Crippen molar-refractivity contribution >= 4 is 48.3 Å². The van der Waals surface area contributed by atoms with Crippen molar-refractivity contribution in [2.24, 2.45) is 0 Å². The Morgan fingerprint density at radius 3 is 1.40 bits per heavy atom. The minimum atomic E-state index is -2.81. The van der Waals surface area contributed by atoms with Crippen LogP contribution in [0.2, 0.25) is 0 Å². The molecule has 2 nitrogen and oxygen atoms in total. The van der Waals surface area contributed by atoms with Gasteiger partial charge in [0.15, 0.2) is 5.78 Å². The van der Waals surface area contributed by atoms with Gasteiger partial charge in [-0.25, -0.2) is 0 Å². The monoisotopic (exact) mass is 616 g/mol. The Hall–Kier alpha value is -2.61. The molecule has 0 aliphatic heterocycles. The fourth-order valence-electron chi connectivity index (χ4n) is 5.95. The van der Waals surface area contributed by atoms with E-state index >= 15 is 0 Å². The van der Waals surface area contributed by atoms with Gasteiger partial charge in [0.25, 0.3) is 0 Å². The zero-order valence-corrected chi connectivity index (χ0v) is 26.4. The van der Waals surface area contributed by atoms with E-state index in [1.54, 1.807) is 19.9 Å². The van der Waals surface area contributed by atoms with Gasteiger partial charge >= 0.3 is 209 Å². The molecular weight excluding hydrogens is 575 g/mol. The van der Waals surface area contributed by atoms with Crippen LogP contribution in [0.25, 0.3) is 0 Å². The molecule has 0 atom stereocenters. The van der Waals surface area contributed by atoms with E-state index in [2.05, 4.69) is 106 Å². The zero-order valence-electron chi connectivity index (χ0n) is 24.0. The number of allylic oxidation sites excluding steroid dienone is 4. The van der Waals surface area contributed by atoms with Gasteiger partial charge in [-0.2, -0.15) is 0 Å². The molecule has 4 rings (SSSR count). The number of halogens is 1. The number of benzene rings is 3. The molecule has 0 heterocycles. The summed E-state index contributed by atoms with van der Waals surface area (Å²) in [7, 11) is 0. The van der Waals surface area contributed by atoms with Crippen molar-refractivity contribution in [3.8, 4) is 0 Å². The Balaban J connectivity index is 1.31. The molecule has 3 aromatic carbocycles. The van der Waals surface area contributed by atoms with Crippen molar-refractivity contribution < 1.29 is 9.59 Å². The Morgan fingerprint density at radius 2 is 0.950 bits per heavy atom. The van der Waals surface area contributed by atoms with Crippen LogP contribution >= 0.6 is 20.8 Å². The van der Waals surface area contributed by atoms with Gasteiger partial charge < -0.3 is 0 Å². The maximum atomic E-state index is 12.4. The average molecular weight is 618 g/mol. The molecule has 0 bridgehead atoms. The Bertz CT molecular complexity index is 1260. The third-order valence-corrected chi connectivity index (χ3v) is 18.6. The number of hydrogen-bond donors (Lipinski definition) is 0. The molecule has 0 aromatic heterocycles. The van der Waals surface area contributed by atoms with Crippen LogP contribution < -0.4 is 15.9 Å². The van der Waals surface area contributed by atoms with E-state index in [0.717, 1.165) is 19.0 Å². The average Bonchev–Trinajstić information content (AvgIpc) is 3.00. The number of Topliss-reactive ketones (excluding diaryl/α,β-unsaturated/α-hetero) is 1. The van der Waals surface area contributed by atoms with Gasteiger partial charge in [-0.15, -0.1) is 0 Å². The summed E-state index contributed by atoms with van der Waals surface area (Å²) in [5, 5.41) is 1.36. The van der Waals surface area contributed by atoms with E-state index in [1.807, 2.05) is 0 Å². The molecule has 0 fully saturated rings. The first-order chi connectivity index (χ1) is 19.4. The van der Waals surface area contributed by atoms with Crippen molar-refractivity contribution in [1.29, 1.82) is 0 Å². The SMILES string of the molecule is CC1=C(C)C(=O)C(CCCCCCCCCCP(Br)(c2ccccc2)(c2ccccc2)c2ccccc2)=CC1=O. The van der Waals surface area contributed by atoms with Crippen molar-refractivity contribution in [3.63, 3.8) is 0 Å². The van der Waals surface area contributed by atoms with Gasteiger partial charge in [0, 0.05) is 11.1 Å². The fraction of sp³-hybridized carbons (Fsp3) is 0.333. The van der Waals surface area contributed by atoms with Crippen molar-refractivity contribution in [2.75, 3.05) is 6.16 Å². The minimum absolute atomic E-state index is 0.00366. The van der Waals surface area contributed by atoms with Gasteiger partial charge in [-0.1, -0.05) is 0 Å². The molecule has 40 heavy (non-hydrogen) atoms. The van der Waals surface area contributed by atoms with Gasteiger partial charge in [-0.3, -0.25) is 9.59 Å². The quantitative estimate of drug-likeness (QED) is 0.103. The molecule has 0 saturated heterocycles. The summed E-state index contributed by atoms with van der Waals surface area (Å²) in [5.41, 5.74) is 1.90. The molecule has 4 heteroatoms. The third-order valence-electron chi connectivity index (χ3n) is 8.53. The summed E-state index contributed by atoms with van der Waals surface area (Å²) in [6.45, 7) is 3.51. The number of carbonyl (C=O) groups is 2. The van der Waals surface area contributed by atoms with E-state index in [4.69, 9.17) is 0 Å². The van der Waals surface area contributed by atoms with Crippen molar-refractivity contribution in [2.45, 2.75) is 71.6 Å². The first-order valence-electron chi connectivity index (χ1n) is 14.7. The normalized spacial score (nSPS) is 15.1. The standard InChI is InChI=1S/C36H42BrO2P/c1-29-30(2)36(39)31(28-35(29)38)20-12-7-5-3-4-6-8-19-27-40(37,32-21-13-9-14-22-32,33-23-15-10-16-24-33)34-25-17-11-18-26-34/h9-11,13-18,21-26,28H,3-8,12,19-20,27H2,1-2H3. The molecule has 0 radical (unpaired) electrons. The molecule has 0 saturated carbocycles. The summed E-state index contributed by atoms with van der Waals surface area (Å²) < 4.78 is 0. The van der Waals surface area contributed by atoms with Crippen LogP contribution in [0.4, 0.5) is 0 Å². The van der Waals surface area contributed by atoms with Crippen LogP contribution in [0.15, 0.2) is 114 Å². The maximum absolute atomic E-state index is 12.4. The molecule has 1 aliphatic carbocycles. The molecular formula is C36H42BrO2P. The van der Waals surface area contributed by atoms with E-state index in [9.17, 15) is 9.59 Å². The number of ketones is 2. The van der Waals surface area contributed by atoms with E-state index in [1.165, 1.54) is 54.4 Å². The van der Waals surface area contributed by atoms with Gasteiger partial charge in [0.05, 0.1) is 0 Å². The molecule has 0 N–H and O–H groups in total. The first-order valence-corrected chi connectivity index (χ1v) is 19.2. The van der Waals surface area contributed by atoms with Crippen molar-refractivity contribution in [3.05, 3.63) is 114 Å². The fourth-order valence-corrected chi connectivity index (χ4v) is 13.7. The van der Waals surface area contributed by atoms with Crippen molar-refractivity contribution in [1.82, 2.24) is 0 Å². The van der Waals surface area contributed by atoms with Crippen LogP contribution in [0.5, 0.6) is 0 Å². The van der Waals surface area contributed by atoms with Crippen LogP contribution in [-0.2, 0) is 9.59 Å². The molecule has 1 aliphatic rings. The second-order valence-corrected chi connectivity index (χ2v) is 20.2. The van der Waals surface area contributed by atoms with Gasteiger partial charge in [0.1, 0.15) is 0 Å². The summed E-state index contributed by atoms with van der Waals surface area (Å²) >= 11 is 4.55. The number of unbranched alkanes of at least 4 members (excludes halogenated alkanes) is 7. The van der Waals surface area contributed by atoms with E-state index in [0.29, 0.717) is 23.1 Å². The van der Waals surface area contributed by atoms with E-state index in [-0.39, 0.29) is 11.6 Å². The Kier molecular flexibility index (Phi) is 10.5. The molecule has 0 unspecified atom stereocenters. The summed E-state index contributed by atoms with van der Waals surface area (Å²) in [5.74, 6) is 0.0543. The second kappa shape index (κ2) is 13.8. The van der Waals surface area contributed by atoms with Crippen LogP contribution in [0.3, 0.4) is 0 Å². The Labute approximate surface area is 248 Å². The Morgan fingerprint density at radius 1 is 0.550 bits per heavy atom. The van der Waals surface area contributed by atoms with Crippen LogP contribution in [0, 0.1) is 0 Å².